The van der Waals surface area contributed by atoms with Crippen molar-refractivity contribution in [3.63, 3.8) is 0 Å². The Hall–Kier alpha value is -2.79. The summed E-state index contributed by atoms with van der Waals surface area (Å²) in [6.07, 6.45) is 6.81. The Morgan fingerprint density at radius 1 is 1.22 bits per heavy atom. The fourth-order valence-corrected chi connectivity index (χ4v) is 3.19. The molecule has 0 radical (unpaired) electrons. The van der Waals surface area contributed by atoms with Gasteiger partial charge in [0.2, 0.25) is 0 Å². The minimum Gasteiger partial charge on any atom is -0.358 e. The number of benzene rings is 1. The van der Waals surface area contributed by atoms with Gasteiger partial charge in [0.05, 0.1) is 16.3 Å². The number of aromatic amines is 1. The molecule has 0 saturated carbocycles. The van der Waals surface area contributed by atoms with Crippen LogP contribution in [0.25, 0.3) is 0 Å². The van der Waals surface area contributed by atoms with E-state index in [0.29, 0.717) is 0 Å². The number of nitrogens with one attached hydrogen (secondary N) is 1. The third-order valence-corrected chi connectivity index (χ3v) is 4.63. The van der Waals surface area contributed by atoms with Crippen LogP contribution in [0.4, 0.5) is 4.39 Å². The van der Waals surface area contributed by atoms with Crippen molar-refractivity contribution in [3.8, 4) is 0 Å². The second-order valence-electron chi connectivity index (χ2n) is 6.22. The number of rotatable bonds is 7. The van der Waals surface area contributed by atoms with Gasteiger partial charge in [-0.15, -0.1) is 0 Å². The number of hydrogen-bond donors (Lipinski definition) is 1. The van der Waals surface area contributed by atoms with Crippen LogP contribution in [0, 0.1) is 5.82 Å². The summed E-state index contributed by atoms with van der Waals surface area (Å²) in [4.78, 5) is 32.1. The lowest BCUT2D eigenvalue weighted by atomic mass is 10.00. The minimum atomic E-state index is -0.693. The van der Waals surface area contributed by atoms with Crippen LogP contribution in [0.2, 0.25) is 5.02 Å². The lowest BCUT2D eigenvalue weighted by Gasteiger charge is -2.06. The van der Waals surface area contributed by atoms with Crippen LogP contribution in [-0.4, -0.2) is 21.5 Å². The van der Waals surface area contributed by atoms with Crippen molar-refractivity contribution in [2.45, 2.75) is 26.2 Å². The Labute approximate surface area is 161 Å². The normalized spacial score (nSPS) is 10.8. The zero-order chi connectivity index (χ0) is 19.4. The number of ketones is 2. The Kier molecular flexibility index (Phi) is 5.81. The maximum absolute atomic E-state index is 14.0. The standard InChI is InChI=1S/C21H18ClFN2O2/c1-2-4-13-7-8-24-11-14(13)10-19(26)18-9-15(12-25-18)21(27)20-16(22)5-3-6-17(20)23/h3,5-9,11-12,25H,2,4,10H2,1H3. The predicted octanol–water partition coefficient (Wildman–Crippen LogP) is 4.81. The molecule has 0 unspecified atom stereocenters. The van der Waals surface area contributed by atoms with E-state index in [9.17, 15) is 14.0 Å². The number of carbonyl (C=O) groups excluding carboxylic acids is 2. The van der Waals surface area contributed by atoms with Crippen molar-refractivity contribution >= 4 is 23.2 Å². The van der Waals surface area contributed by atoms with Crippen molar-refractivity contribution in [2.24, 2.45) is 0 Å². The average molecular weight is 385 g/mol. The molecule has 2 heterocycles. The zero-order valence-electron chi connectivity index (χ0n) is 14.8. The summed E-state index contributed by atoms with van der Waals surface area (Å²) in [7, 11) is 0. The van der Waals surface area contributed by atoms with Gasteiger partial charge >= 0.3 is 0 Å². The first kappa shape index (κ1) is 19.0. The van der Waals surface area contributed by atoms with E-state index in [1.54, 1.807) is 12.4 Å². The number of nitrogens with zero attached hydrogens (tertiary/aromatic N) is 1. The number of halogens is 2. The van der Waals surface area contributed by atoms with Gasteiger partial charge in [-0.05, 0) is 41.8 Å². The van der Waals surface area contributed by atoms with Gasteiger partial charge < -0.3 is 4.98 Å². The summed E-state index contributed by atoms with van der Waals surface area (Å²) in [5.41, 5.74) is 2.22. The molecule has 3 rings (SSSR count). The molecule has 1 N–H and O–H groups in total. The number of pyridine rings is 1. The highest BCUT2D eigenvalue weighted by molar-refractivity contribution is 6.35. The molecule has 0 aliphatic carbocycles. The van der Waals surface area contributed by atoms with Crippen LogP contribution in [0.1, 0.15) is 50.9 Å². The quantitative estimate of drug-likeness (QED) is 0.594. The topological polar surface area (TPSA) is 62.8 Å². The fraction of sp³-hybridized carbons (Fsp3) is 0.190. The third-order valence-electron chi connectivity index (χ3n) is 4.31. The summed E-state index contributed by atoms with van der Waals surface area (Å²) in [5, 5.41) is 0.0358. The van der Waals surface area contributed by atoms with Crippen molar-refractivity contribution in [2.75, 3.05) is 0 Å². The molecule has 0 amide bonds. The Balaban J connectivity index is 1.82. The molecule has 0 saturated heterocycles. The Morgan fingerprint density at radius 2 is 2.04 bits per heavy atom. The SMILES string of the molecule is CCCc1ccncc1CC(=O)c1cc(C(=O)c2c(F)cccc2Cl)c[nH]1. The van der Waals surface area contributed by atoms with Crippen molar-refractivity contribution in [1.29, 1.82) is 0 Å². The summed E-state index contributed by atoms with van der Waals surface area (Å²) >= 11 is 5.95. The van der Waals surface area contributed by atoms with Gasteiger partial charge in [0.25, 0.3) is 0 Å². The van der Waals surface area contributed by atoms with E-state index in [1.165, 1.54) is 30.5 Å². The summed E-state index contributed by atoms with van der Waals surface area (Å²) in [6.45, 7) is 2.07. The molecule has 138 valence electrons. The first-order valence-corrected chi connectivity index (χ1v) is 9.01. The van der Waals surface area contributed by atoms with Crippen LogP contribution < -0.4 is 0 Å². The summed E-state index contributed by atoms with van der Waals surface area (Å²) < 4.78 is 14.0. The zero-order valence-corrected chi connectivity index (χ0v) is 15.5. The number of aryl methyl sites for hydroxylation is 1. The summed E-state index contributed by atoms with van der Waals surface area (Å²) in [5.74, 6) is -1.43. The van der Waals surface area contributed by atoms with Crippen LogP contribution in [0.15, 0.2) is 48.9 Å². The molecular weight excluding hydrogens is 367 g/mol. The van der Waals surface area contributed by atoms with Gasteiger partial charge in [-0.1, -0.05) is 31.0 Å². The molecule has 1 aromatic carbocycles. The minimum absolute atomic E-state index is 0.0358. The van der Waals surface area contributed by atoms with Crippen LogP contribution >= 0.6 is 11.6 Å². The fourth-order valence-electron chi connectivity index (χ4n) is 2.94. The predicted molar refractivity (Wildman–Crippen MR) is 102 cm³/mol. The maximum Gasteiger partial charge on any atom is 0.199 e. The largest absolute Gasteiger partial charge is 0.358 e. The van der Waals surface area contributed by atoms with Crippen LogP contribution in [0.5, 0.6) is 0 Å². The van der Waals surface area contributed by atoms with E-state index in [2.05, 4.69) is 16.9 Å². The first-order chi connectivity index (χ1) is 13.0. The highest BCUT2D eigenvalue weighted by atomic mass is 35.5. The average Bonchev–Trinajstić information content (AvgIpc) is 3.13. The molecule has 4 nitrogen and oxygen atoms in total. The van der Waals surface area contributed by atoms with Gasteiger partial charge in [-0.2, -0.15) is 0 Å². The molecule has 0 bridgehead atoms. The summed E-state index contributed by atoms with van der Waals surface area (Å²) in [6, 6.07) is 7.41. The van der Waals surface area contributed by atoms with E-state index < -0.39 is 11.6 Å². The van der Waals surface area contributed by atoms with Gasteiger partial charge in [-0.25, -0.2) is 4.39 Å². The van der Waals surface area contributed by atoms with E-state index in [4.69, 9.17) is 11.6 Å². The lowest BCUT2D eigenvalue weighted by Crippen LogP contribution is -2.07. The van der Waals surface area contributed by atoms with Crippen LogP contribution in [0.3, 0.4) is 0 Å². The molecule has 0 aliphatic heterocycles. The van der Waals surface area contributed by atoms with Crippen LogP contribution in [-0.2, 0) is 12.8 Å². The van der Waals surface area contributed by atoms with Gasteiger partial charge in [0, 0.05) is 30.6 Å². The molecule has 6 heteroatoms. The maximum atomic E-state index is 14.0. The van der Waals surface area contributed by atoms with Gasteiger partial charge in [0.15, 0.2) is 11.6 Å². The first-order valence-electron chi connectivity index (χ1n) is 8.63. The molecule has 3 aromatic rings. The number of carbonyl (C=O) groups is 2. The van der Waals surface area contributed by atoms with E-state index in [-0.39, 0.29) is 34.0 Å². The highest BCUT2D eigenvalue weighted by Gasteiger charge is 2.20. The number of hydrogen-bond acceptors (Lipinski definition) is 3. The van der Waals surface area contributed by atoms with E-state index >= 15 is 0 Å². The molecule has 0 atom stereocenters. The smallest absolute Gasteiger partial charge is 0.199 e. The van der Waals surface area contributed by atoms with Crippen molar-refractivity contribution in [3.05, 3.63) is 87.7 Å². The van der Waals surface area contributed by atoms with Gasteiger partial charge in [0.1, 0.15) is 5.82 Å². The molecular formula is C21H18ClFN2O2. The third kappa shape index (κ3) is 4.14. The molecule has 2 aromatic heterocycles. The number of aromatic nitrogens is 2. The molecule has 27 heavy (non-hydrogen) atoms. The van der Waals surface area contributed by atoms with Gasteiger partial charge in [-0.3, -0.25) is 14.6 Å². The molecule has 0 fully saturated rings. The molecule has 0 aliphatic rings. The monoisotopic (exact) mass is 384 g/mol. The number of Topliss-reactive ketones (excluding diaryl/α,β-unsaturated/α-hetero) is 1. The Morgan fingerprint density at radius 3 is 2.78 bits per heavy atom. The van der Waals surface area contributed by atoms with E-state index in [0.717, 1.165) is 24.0 Å². The Bertz CT molecular complexity index is 977. The highest BCUT2D eigenvalue weighted by Crippen LogP contribution is 2.23. The van der Waals surface area contributed by atoms with Crippen molar-refractivity contribution < 1.29 is 14.0 Å². The molecule has 0 spiro atoms. The second-order valence-corrected chi connectivity index (χ2v) is 6.63. The second kappa shape index (κ2) is 8.27. The lowest BCUT2D eigenvalue weighted by molar-refractivity contribution is 0.0988. The number of H-pyrrole nitrogens is 1. The van der Waals surface area contributed by atoms with E-state index in [1.807, 2.05) is 6.07 Å². The van der Waals surface area contributed by atoms with Crippen molar-refractivity contribution in [1.82, 2.24) is 9.97 Å².